The number of carboxylic acid groups (broad SMARTS) is 1. The molecule has 0 aromatic rings. The van der Waals surface area contributed by atoms with Gasteiger partial charge in [0.15, 0.2) is 0 Å². The summed E-state index contributed by atoms with van der Waals surface area (Å²) < 4.78 is 23.3. The summed E-state index contributed by atoms with van der Waals surface area (Å²) in [6.07, 6.45) is 0. The van der Waals surface area contributed by atoms with Crippen LogP contribution in [0, 0.1) is 0 Å². The van der Waals surface area contributed by atoms with Crippen molar-refractivity contribution in [2.75, 3.05) is 32.8 Å². The molecule has 0 aliphatic rings. The van der Waals surface area contributed by atoms with Gasteiger partial charge in [0, 0.05) is 13.1 Å². The number of hydrogen-bond donors (Lipinski definition) is 5. The molecule has 0 amide bonds. The number of hydrogen-bond acceptors (Lipinski definition) is 5. The molecule has 0 aromatic heterocycles. The second kappa shape index (κ2) is 12.0. The number of aliphatic hydroxyl groups is 2. The summed E-state index contributed by atoms with van der Waals surface area (Å²) in [6.45, 7) is 0.251. The van der Waals surface area contributed by atoms with Crippen LogP contribution in [0.3, 0.4) is 0 Å². The molecule has 0 atom stereocenters. The van der Waals surface area contributed by atoms with Crippen molar-refractivity contribution in [2.45, 2.75) is 0 Å². The molecule has 9 heteroatoms. The van der Waals surface area contributed by atoms with Crippen molar-refractivity contribution in [2.24, 2.45) is 0 Å². The van der Waals surface area contributed by atoms with Crippen molar-refractivity contribution >= 4 is 5.97 Å². The van der Waals surface area contributed by atoms with E-state index in [0.717, 1.165) is 0 Å². The van der Waals surface area contributed by atoms with Crippen LogP contribution < -0.4 is 0 Å². The summed E-state index contributed by atoms with van der Waals surface area (Å²) in [7, 11) is 0. The Labute approximate surface area is 95.7 Å². The third kappa shape index (κ3) is 20.1. The molecule has 15 heavy (non-hydrogen) atoms. The van der Waals surface area contributed by atoms with Crippen LogP contribution in [-0.4, -0.2) is 65.4 Å². The number of carboxylic acids is 1. The van der Waals surface area contributed by atoms with Crippen LogP contribution in [0.4, 0.5) is 0 Å². The molecule has 0 fully saturated rings. The number of nitrogens with zero attached hydrogens (tertiary/aromatic N) is 1. The molecule has 5 N–H and O–H groups in total. The molecule has 0 aromatic carbocycles. The minimum atomic E-state index is -3.79. The Morgan fingerprint density at radius 2 is 1.47 bits per heavy atom. The van der Waals surface area contributed by atoms with Crippen molar-refractivity contribution in [3.05, 3.63) is 0 Å². The Hall–Kier alpha value is -0.0469. The van der Waals surface area contributed by atoms with E-state index in [2.05, 4.69) is 0 Å². The summed E-state index contributed by atoms with van der Waals surface area (Å²) in [5, 5.41) is 25.3. The van der Waals surface area contributed by atoms with E-state index in [-0.39, 0.29) is 32.8 Å². The van der Waals surface area contributed by atoms with E-state index >= 15 is 0 Å². The molecule has 0 saturated heterocycles. The van der Waals surface area contributed by atoms with Gasteiger partial charge in [-0.2, -0.15) is 0 Å². The zero-order chi connectivity index (χ0) is 12.3. The molecule has 0 saturated carbocycles. The first-order valence-electron chi connectivity index (χ1n) is 4.01. The van der Waals surface area contributed by atoms with Gasteiger partial charge in [-0.15, -0.1) is 0 Å². The fourth-order valence-corrected chi connectivity index (χ4v) is 0.744. The van der Waals surface area contributed by atoms with E-state index < -0.39 is 28.6 Å². The third-order valence-corrected chi connectivity index (χ3v) is 1.19. The molecule has 0 rings (SSSR count). The summed E-state index contributed by atoms with van der Waals surface area (Å²) in [6, 6.07) is 0. The van der Waals surface area contributed by atoms with Crippen molar-refractivity contribution in [1.29, 1.82) is 0 Å². The van der Waals surface area contributed by atoms with Gasteiger partial charge in [0.1, 0.15) is 0 Å². The molecular formula is C6H15NO7Zr. The van der Waals surface area contributed by atoms with Crippen LogP contribution in [0.1, 0.15) is 0 Å². The fourth-order valence-electron chi connectivity index (χ4n) is 0.744. The molecule has 90 valence electrons. The van der Waals surface area contributed by atoms with Gasteiger partial charge in [-0.3, -0.25) is 9.69 Å². The summed E-state index contributed by atoms with van der Waals surface area (Å²) in [5.41, 5.74) is 0. The van der Waals surface area contributed by atoms with Gasteiger partial charge in [-0.05, 0) is 0 Å². The van der Waals surface area contributed by atoms with Gasteiger partial charge in [-0.1, -0.05) is 0 Å². The predicted octanol–water partition coefficient (Wildman–Crippen LogP) is -2.88. The second-order valence-corrected chi connectivity index (χ2v) is 3.79. The van der Waals surface area contributed by atoms with Crippen LogP contribution in [0.25, 0.3) is 0 Å². The van der Waals surface area contributed by atoms with Gasteiger partial charge in [0.25, 0.3) is 0 Å². The third-order valence-electron chi connectivity index (χ3n) is 1.19. The van der Waals surface area contributed by atoms with Gasteiger partial charge in [0.05, 0.1) is 19.8 Å². The first kappa shape index (κ1) is 17.4. The van der Waals surface area contributed by atoms with Gasteiger partial charge in [0.2, 0.25) is 0 Å². The molecule has 8 nitrogen and oxygen atoms in total. The Morgan fingerprint density at radius 3 is 1.67 bits per heavy atom. The first-order valence-corrected chi connectivity index (χ1v) is 7.22. The van der Waals surface area contributed by atoms with Gasteiger partial charge < -0.3 is 15.3 Å². The number of rotatable bonds is 6. The average Bonchev–Trinajstić information content (AvgIpc) is 2.02. The normalized spacial score (nSPS) is 9.40. The van der Waals surface area contributed by atoms with Crippen molar-refractivity contribution in [3.8, 4) is 0 Å². The molecule has 0 unspecified atom stereocenters. The number of aliphatic hydroxyl groups excluding tert-OH is 2. The Bertz CT molecular complexity index is 178. The maximum absolute atomic E-state index is 10.2. The Balaban J connectivity index is 0. The van der Waals surface area contributed by atoms with Crippen molar-refractivity contribution in [1.82, 2.24) is 4.90 Å². The molecule has 0 aliphatic heterocycles. The SMILES string of the molecule is O=C(O)CN(CCO)CCO.[O]=[Zr]([OH])[OH]. The summed E-state index contributed by atoms with van der Waals surface area (Å²) in [5.74, 6) is -0.952. The zero-order valence-corrected chi connectivity index (χ0v) is 10.5. The van der Waals surface area contributed by atoms with E-state index in [0.29, 0.717) is 0 Å². The van der Waals surface area contributed by atoms with Crippen molar-refractivity contribution < 1.29 is 51.9 Å². The van der Waals surface area contributed by atoms with Crippen LogP contribution >= 0.6 is 0 Å². The average molecular weight is 304 g/mol. The van der Waals surface area contributed by atoms with E-state index in [1.54, 1.807) is 0 Å². The minimum absolute atomic E-state index is 0.0900. The molecule has 0 radical (unpaired) electrons. The molecule has 0 spiro atoms. The molecule has 0 aliphatic carbocycles. The summed E-state index contributed by atoms with van der Waals surface area (Å²) >= 11 is -3.79. The van der Waals surface area contributed by atoms with Crippen LogP contribution in [-0.2, 0) is 30.2 Å². The van der Waals surface area contributed by atoms with Gasteiger partial charge >= 0.3 is 37.8 Å². The van der Waals surface area contributed by atoms with Crippen LogP contribution in [0.2, 0.25) is 0 Å². The number of aliphatic carboxylic acids is 1. The summed E-state index contributed by atoms with van der Waals surface area (Å²) in [4.78, 5) is 11.6. The van der Waals surface area contributed by atoms with E-state index in [4.69, 9.17) is 24.5 Å². The maximum atomic E-state index is 10.2. The topological polar surface area (TPSA) is 139 Å². The Morgan fingerprint density at radius 1 is 1.13 bits per heavy atom. The Kier molecular flexibility index (Phi) is 13.9. The second-order valence-electron chi connectivity index (χ2n) is 2.40. The number of carbonyl (C=O) groups is 1. The predicted molar refractivity (Wildman–Crippen MR) is 43.4 cm³/mol. The van der Waals surface area contributed by atoms with Crippen LogP contribution in [0.15, 0.2) is 0 Å². The quantitative estimate of drug-likeness (QED) is 0.353. The zero-order valence-electron chi connectivity index (χ0n) is 8.04. The van der Waals surface area contributed by atoms with Gasteiger partial charge in [-0.25, -0.2) is 0 Å². The first-order chi connectivity index (χ1) is 6.93. The fraction of sp³-hybridized carbons (Fsp3) is 0.833. The molecular weight excluding hydrogens is 289 g/mol. The van der Waals surface area contributed by atoms with E-state index in [1.165, 1.54) is 4.90 Å². The standard InChI is InChI=1S/C6H13NO4.2H2O.O.Zr/c8-3-1-7(2-4-9)5-6(10)11;;;;/h8-9H,1-5H2,(H,10,11);2*1H2;;/q;;;;+2/p-2. The van der Waals surface area contributed by atoms with E-state index in [9.17, 15) is 4.79 Å². The molecule has 0 heterocycles. The van der Waals surface area contributed by atoms with E-state index in [1.807, 2.05) is 0 Å². The monoisotopic (exact) mass is 303 g/mol. The van der Waals surface area contributed by atoms with Crippen molar-refractivity contribution in [3.63, 3.8) is 0 Å². The molecule has 0 bridgehead atoms. The van der Waals surface area contributed by atoms with Crippen LogP contribution in [0.5, 0.6) is 0 Å².